The smallest absolute Gasteiger partial charge is 0.189 e. The maximum absolute atomic E-state index is 13.0. The van der Waals surface area contributed by atoms with Gasteiger partial charge in [0.05, 0.1) is 0 Å². The Morgan fingerprint density at radius 3 is 1.64 bits per heavy atom. The molecule has 0 fully saturated rings. The Balaban J connectivity index is 1.95. The third kappa shape index (κ3) is 4.55. The first-order chi connectivity index (χ1) is 12.0. The molecule has 5 heteroatoms. The lowest BCUT2D eigenvalue weighted by Gasteiger charge is -2.20. The van der Waals surface area contributed by atoms with Crippen LogP contribution in [-0.4, -0.2) is 5.78 Å². The van der Waals surface area contributed by atoms with Gasteiger partial charge in [-0.3, -0.25) is 4.79 Å². The van der Waals surface area contributed by atoms with Crippen molar-refractivity contribution in [3.05, 3.63) is 99.0 Å². The SMILES string of the molecule is O=C(c1ccc(Cl)cc1)C(Nc1ccc(Cl)cc1)c1ccc(Cl)cc1. The van der Waals surface area contributed by atoms with E-state index in [2.05, 4.69) is 5.32 Å². The minimum absolute atomic E-state index is 0.0612. The van der Waals surface area contributed by atoms with Crippen LogP contribution in [0.5, 0.6) is 0 Å². The molecule has 3 rings (SSSR count). The summed E-state index contributed by atoms with van der Waals surface area (Å²) in [6.45, 7) is 0. The summed E-state index contributed by atoms with van der Waals surface area (Å²) in [4.78, 5) is 13.0. The number of Topliss-reactive ketones (excluding diaryl/α,β-unsaturated/α-hetero) is 1. The van der Waals surface area contributed by atoms with E-state index in [0.717, 1.165) is 11.3 Å². The predicted molar refractivity (Wildman–Crippen MR) is 105 cm³/mol. The van der Waals surface area contributed by atoms with E-state index in [-0.39, 0.29) is 5.78 Å². The van der Waals surface area contributed by atoms with E-state index in [0.29, 0.717) is 20.6 Å². The molecule has 25 heavy (non-hydrogen) atoms. The fourth-order valence-electron chi connectivity index (χ4n) is 2.45. The van der Waals surface area contributed by atoms with Crippen LogP contribution < -0.4 is 5.32 Å². The first-order valence-electron chi connectivity index (χ1n) is 7.60. The highest BCUT2D eigenvalue weighted by Crippen LogP contribution is 2.26. The van der Waals surface area contributed by atoms with Crippen molar-refractivity contribution in [1.29, 1.82) is 0 Å². The van der Waals surface area contributed by atoms with Gasteiger partial charge in [0.15, 0.2) is 5.78 Å². The Morgan fingerprint density at radius 1 is 0.680 bits per heavy atom. The van der Waals surface area contributed by atoms with Crippen molar-refractivity contribution in [2.75, 3.05) is 5.32 Å². The monoisotopic (exact) mass is 389 g/mol. The largest absolute Gasteiger partial charge is 0.371 e. The first kappa shape index (κ1) is 17.8. The second-order valence-electron chi connectivity index (χ2n) is 5.51. The highest BCUT2D eigenvalue weighted by Gasteiger charge is 2.22. The molecule has 1 atom stereocenters. The average molecular weight is 391 g/mol. The van der Waals surface area contributed by atoms with E-state index in [9.17, 15) is 4.79 Å². The van der Waals surface area contributed by atoms with Crippen molar-refractivity contribution in [3.63, 3.8) is 0 Å². The standard InChI is InChI=1S/C20H14Cl3NO/c21-15-5-1-13(2-6-15)19(24-18-11-9-17(23)10-12-18)20(25)14-3-7-16(22)8-4-14/h1-12,19,24H. The van der Waals surface area contributed by atoms with Crippen molar-refractivity contribution in [2.24, 2.45) is 0 Å². The van der Waals surface area contributed by atoms with Gasteiger partial charge in [0.25, 0.3) is 0 Å². The van der Waals surface area contributed by atoms with Crippen LogP contribution in [0.25, 0.3) is 0 Å². The fourth-order valence-corrected chi connectivity index (χ4v) is 2.83. The highest BCUT2D eigenvalue weighted by molar-refractivity contribution is 6.31. The van der Waals surface area contributed by atoms with Crippen molar-refractivity contribution in [3.8, 4) is 0 Å². The summed E-state index contributed by atoms with van der Waals surface area (Å²) in [5, 5.41) is 5.11. The molecule has 0 heterocycles. The summed E-state index contributed by atoms with van der Waals surface area (Å²) in [5.74, 6) is -0.0612. The quantitative estimate of drug-likeness (QED) is 0.492. The van der Waals surface area contributed by atoms with Crippen LogP contribution in [0.4, 0.5) is 5.69 Å². The molecule has 1 unspecified atom stereocenters. The highest BCUT2D eigenvalue weighted by atomic mass is 35.5. The number of benzene rings is 3. The summed E-state index contributed by atoms with van der Waals surface area (Å²) in [5.41, 5.74) is 2.19. The van der Waals surface area contributed by atoms with Crippen LogP contribution in [0.2, 0.25) is 15.1 Å². The molecule has 0 saturated carbocycles. The summed E-state index contributed by atoms with van der Waals surface area (Å²) in [7, 11) is 0. The molecule has 0 amide bonds. The zero-order chi connectivity index (χ0) is 17.8. The molecule has 126 valence electrons. The lowest BCUT2D eigenvalue weighted by atomic mass is 9.97. The summed E-state index contributed by atoms with van der Waals surface area (Å²) < 4.78 is 0. The third-order valence-electron chi connectivity index (χ3n) is 3.75. The number of rotatable bonds is 5. The van der Waals surface area contributed by atoms with E-state index in [1.165, 1.54) is 0 Å². The zero-order valence-corrected chi connectivity index (χ0v) is 15.3. The number of hydrogen-bond donors (Lipinski definition) is 1. The van der Waals surface area contributed by atoms with Crippen molar-refractivity contribution < 1.29 is 4.79 Å². The van der Waals surface area contributed by atoms with Crippen molar-refractivity contribution in [2.45, 2.75) is 6.04 Å². The maximum atomic E-state index is 13.0. The van der Waals surface area contributed by atoms with Gasteiger partial charge in [-0.15, -0.1) is 0 Å². The van der Waals surface area contributed by atoms with Gasteiger partial charge in [-0.2, -0.15) is 0 Å². The minimum atomic E-state index is -0.556. The van der Waals surface area contributed by atoms with Crippen molar-refractivity contribution >= 4 is 46.3 Å². The Kier molecular flexibility index (Phi) is 5.64. The van der Waals surface area contributed by atoms with Gasteiger partial charge in [-0.05, 0) is 66.2 Å². The van der Waals surface area contributed by atoms with Gasteiger partial charge in [0, 0.05) is 26.3 Å². The first-order valence-corrected chi connectivity index (χ1v) is 8.74. The lowest BCUT2D eigenvalue weighted by molar-refractivity contribution is 0.0969. The number of hydrogen-bond acceptors (Lipinski definition) is 2. The number of carbonyl (C=O) groups is 1. The topological polar surface area (TPSA) is 29.1 Å². The Hall–Kier alpha value is -2.00. The molecular formula is C20H14Cl3NO. The van der Waals surface area contributed by atoms with Gasteiger partial charge < -0.3 is 5.32 Å². The molecule has 0 saturated heterocycles. The second-order valence-corrected chi connectivity index (χ2v) is 6.82. The Labute approximate surface area is 161 Å². The second kappa shape index (κ2) is 7.92. The number of anilines is 1. The Morgan fingerprint density at radius 2 is 1.12 bits per heavy atom. The molecule has 0 aliphatic carbocycles. The zero-order valence-electron chi connectivity index (χ0n) is 13.0. The van der Waals surface area contributed by atoms with Crippen LogP contribution in [0.15, 0.2) is 72.8 Å². The van der Waals surface area contributed by atoms with Gasteiger partial charge in [-0.1, -0.05) is 46.9 Å². The van der Waals surface area contributed by atoms with E-state index in [4.69, 9.17) is 34.8 Å². The summed E-state index contributed by atoms with van der Waals surface area (Å²) in [6.07, 6.45) is 0. The van der Waals surface area contributed by atoms with E-state index in [1.807, 2.05) is 24.3 Å². The van der Waals surface area contributed by atoms with Crippen molar-refractivity contribution in [1.82, 2.24) is 0 Å². The van der Waals surface area contributed by atoms with E-state index < -0.39 is 6.04 Å². The number of nitrogens with one attached hydrogen (secondary N) is 1. The van der Waals surface area contributed by atoms with Gasteiger partial charge in [0.2, 0.25) is 0 Å². The minimum Gasteiger partial charge on any atom is -0.371 e. The molecule has 0 spiro atoms. The van der Waals surface area contributed by atoms with Gasteiger partial charge in [0.1, 0.15) is 6.04 Å². The summed E-state index contributed by atoms with van der Waals surface area (Å²) >= 11 is 17.8. The van der Waals surface area contributed by atoms with Crippen LogP contribution in [0.1, 0.15) is 22.0 Å². The molecular weight excluding hydrogens is 377 g/mol. The van der Waals surface area contributed by atoms with Crippen LogP contribution in [-0.2, 0) is 0 Å². The summed E-state index contributed by atoms with van der Waals surface area (Å²) in [6, 6.07) is 20.7. The number of ketones is 1. The van der Waals surface area contributed by atoms with E-state index in [1.54, 1.807) is 48.5 Å². The molecule has 1 N–H and O–H groups in total. The van der Waals surface area contributed by atoms with Crippen LogP contribution in [0, 0.1) is 0 Å². The predicted octanol–water partition coefficient (Wildman–Crippen LogP) is 6.68. The van der Waals surface area contributed by atoms with Crippen LogP contribution >= 0.6 is 34.8 Å². The van der Waals surface area contributed by atoms with Gasteiger partial charge in [-0.25, -0.2) is 0 Å². The molecule has 3 aromatic rings. The average Bonchev–Trinajstić information content (AvgIpc) is 2.62. The molecule has 2 nitrogen and oxygen atoms in total. The molecule has 0 aliphatic heterocycles. The molecule has 0 radical (unpaired) electrons. The maximum Gasteiger partial charge on any atom is 0.189 e. The molecule has 0 bridgehead atoms. The Bertz CT molecular complexity index is 859. The number of halogens is 3. The third-order valence-corrected chi connectivity index (χ3v) is 4.51. The van der Waals surface area contributed by atoms with Gasteiger partial charge >= 0.3 is 0 Å². The molecule has 0 aromatic heterocycles. The lowest BCUT2D eigenvalue weighted by Crippen LogP contribution is -2.21. The molecule has 0 aliphatic rings. The normalized spacial score (nSPS) is 11.8. The molecule has 3 aromatic carbocycles. The fraction of sp³-hybridized carbons (Fsp3) is 0.0500. The van der Waals surface area contributed by atoms with Crippen LogP contribution in [0.3, 0.4) is 0 Å². The van der Waals surface area contributed by atoms with E-state index >= 15 is 0 Å². The number of carbonyl (C=O) groups excluding carboxylic acids is 1.